The minimum atomic E-state index is 0.185. The third-order valence-corrected chi connectivity index (χ3v) is 2.81. The topological polar surface area (TPSA) is 60.1 Å². The second-order valence-electron chi connectivity index (χ2n) is 4.01. The smallest absolute Gasteiger partial charge is 0.191 e. The third kappa shape index (κ3) is 3.13. The monoisotopic (exact) mass is 225 g/mol. The molecule has 0 aromatic carbocycles. The number of aliphatic imine (C=N–C) groups is 1. The van der Waals surface area contributed by atoms with Crippen LogP contribution in [0.15, 0.2) is 17.3 Å². The van der Waals surface area contributed by atoms with Crippen LogP contribution < -0.4 is 5.73 Å². The number of nitrogens with zero attached hydrogens (tertiary/aromatic N) is 2. The minimum absolute atomic E-state index is 0.185. The fourth-order valence-electron chi connectivity index (χ4n) is 1.81. The molecule has 0 radical (unpaired) electrons. The van der Waals surface area contributed by atoms with Crippen LogP contribution in [0, 0.1) is 0 Å². The van der Waals surface area contributed by atoms with Gasteiger partial charge in [0.25, 0.3) is 0 Å². The van der Waals surface area contributed by atoms with E-state index in [1.54, 1.807) is 6.26 Å². The lowest BCUT2D eigenvalue weighted by Gasteiger charge is -2.28. The van der Waals surface area contributed by atoms with Crippen molar-refractivity contribution in [2.45, 2.75) is 18.9 Å². The van der Waals surface area contributed by atoms with E-state index in [9.17, 15) is 0 Å². The van der Waals surface area contributed by atoms with Gasteiger partial charge in [0, 0.05) is 13.1 Å². The van der Waals surface area contributed by atoms with Crippen molar-refractivity contribution in [1.82, 2.24) is 4.90 Å². The van der Waals surface area contributed by atoms with Gasteiger partial charge >= 0.3 is 0 Å². The lowest BCUT2D eigenvalue weighted by Crippen LogP contribution is -2.45. The van der Waals surface area contributed by atoms with Gasteiger partial charge in [-0.25, -0.2) is 4.99 Å². The van der Waals surface area contributed by atoms with Crippen molar-refractivity contribution < 1.29 is 9.47 Å². The van der Waals surface area contributed by atoms with E-state index in [1.807, 2.05) is 6.08 Å². The zero-order chi connectivity index (χ0) is 11.2. The summed E-state index contributed by atoms with van der Waals surface area (Å²) in [5, 5.41) is 0. The molecule has 0 aliphatic carbocycles. The highest BCUT2D eigenvalue weighted by molar-refractivity contribution is 5.78. The number of morpholine rings is 1. The molecule has 2 N–H and O–H groups in total. The molecule has 2 aliphatic heterocycles. The molecule has 0 saturated carbocycles. The first-order valence-corrected chi connectivity index (χ1v) is 5.79. The Kier molecular flexibility index (Phi) is 4.04. The summed E-state index contributed by atoms with van der Waals surface area (Å²) in [6.07, 6.45) is 6.07. The van der Waals surface area contributed by atoms with E-state index < -0.39 is 0 Å². The zero-order valence-corrected chi connectivity index (χ0v) is 9.47. The number of hydrogen-bond acceptors (Lipinski definition) is 3. The lowest BCUT2D eigenvalue weighted by atomic mass is 10.2. The summed E-state index contributed by atoms with van der Waals surface area (Å²) in [5.41, 5.74) is 5.91. The molecular formula is C11H19N3O2. The summed E-state index contributed by atoms with van der Waals surface area (Å²) in [4.78, 5) is 6.44. The normalized spacial score (nSPS) is 26.6. The third-order valence-electron chi connectivity index (χ3n) is 2.81. The second-order valence-corrected chi connectivity index (χ2v) is 4.01. The molecule has 0 spiro atoms. The number of nitrogens with two attached hydrogens (primary N) is 1. The number of ether oxygens (including phenoxy) is 2. The van der Waals surface area contributed by atoms with Crippen molar-refractivity contribution in [3.8, 4) is 0 Å². The van der Waals surface area contributed by atoms with Crippen molar-refractivity contribution in [3.05, 3.63) is 12.3 Å². The van der Waals surface area contributed by atoms with Crippen molar-refractivity contribution in [2.24, 2.45) is 10.7 Å². The van der Waals surface area contributed by atoms with Crippen LogP contribution in [0.1, 0.15) is 12.8 Å². The molecule has 2 heterocycles. The van der Waals surface area contributed by atoms with Gasteiger partial charge in [-0.05, 0) is 18.9 Å². The Balaban J connectivity index is 1.78. The van der Waals surface area contributed by atoms with Crippen molar-refractivity contribution in [3.63, 3.8) is 0 Å². The van der Waals surface area contributed by atoms with E-state index in [0.29, 0.717) is 12.5 Å². The molecule has 16 heavy (non-hydrogen) atoms. The maximum Gasteiger partial charge on any atom is 0.191 e. The van der Waals surface area contributed by atoms with Crippen LogP contribution in [0.2, 0.25) is 0 Å². The Labute approximate surface area is 95.9 Å². The van der Waals surface area contributed by atoms with E-state index in [1.165, 1.54) is 0 Å². The Morgan fingerprint density at radius 2 is 2.25 bits per heavy atom. The highest BCUT2D eigenvalue weighted by Crippen LogP contribution is 2.10. The second kappa shape index (κ2) is 5.75. The van der Waals surface area contributed by atoms with Gasteiger partial charge in [-0.1, -0.05) is 0 Å². The molecule has 5 nitrogen and oxygen atoms in total. The quantitative estimate of drug-likeness (QED) is 0.543. The summed E-state index contributed by atoms with van der Waals surface area (Å²) in [6.45, 7) is 3.78. The van der Waals surface area contributed by atoms with Gasteiger partial charge in [-0.15, -0.1) is 0 Å². The first-order chi connectivity index (χ1) is 7.86. The number of rotatable bonds is 2. The number of hydrogen-bond donors (Lipinski definition) is 1. The highest BCUT2D eigenvalue weighted by Gasteiger charge is 2.14. The number of allylic oxidation sites excluding steroid dienone is 1. The van der Waals surface area contributed by atoms with E-state index in [0.717, 1.165) is 39.1 Å². The zero-order valence-electron chi connectivity index (χ0n) is 9.47. The van der Waals surface area contributed by atoms with Gasteiger partial charge in [0.05, 0.1) is 26.0 Å². The maximum absolute atomic E-state index is 5.91. The van der Waals surface area contributed by atoms with Crippen LogP contribution >= 0.6 is 0 Å². The molecule has 1 atom stereocenters. The Hall–Kier alpha value is -1.23. The molecule has 0 aromatic rings. The number of guanidine groups is 1. The minimum Gasteiger partial charge on any atom is -0.496 e. The van der Waals surface area contributed by atoms with Crippen LogP contribution in [0.3, 0.4) is 0 Å². The van der Waals surface area contributed by atoms with Gasteiger partial charge in [-0.3, -0.25) is 0 Å². The largest absolute Gasteiger partial charge is 0.496 e. The molecule has 2 aliphatic rings. The van der Waals surface area contributed by atoms with Crippen LogP contribution in [0.4, 0.5) is 0 Å². The summed E-state index contributed by atoms with van der Waals surface area (Å²) >= 11 is 0. The van der Waals surface area contributed by atoms with Crippen LogP contribution in [0.25, 0.3) is 0 Å². The van der Waals surface area contributed by atoms with Gasteiger partial charge < -0.3 is 20.1 Å². The maximum atomic E-state index is 5.91. The molecule has 0 aromatic heterocycles. The lowest BCUT2D eigenvalue weighted by molar-refractivity contribution is 0.0671. The van der Waals surface area contributed by atoms with Gasteiger partial charge in [0.2, 0.25) is 0 Å². The summed E-state index contributed by atoms with van der Waals surface area (Å²) in [7, 11) is 0. The van der Waals surface area contributed by atoms with Crippen molar-refractivity contribution in [2.75, 3.05) is 32.8 Å². The van der Waals surface area contributed by atoms with Gasteiger partial charge in [0.1, 0.15) is 6.10 Å². The molecular weight excluding hydrogens is 206 g/mol. The molecule has 1 saturated heterocycles. The Morgan fingerprint density at radius 3 is 2.94 bits per heavy atom. The predicted molar refractivity (Wildman–Crippen MR) is 62.1 cm³/mol. The molecule has 1 fully saturated rings. The molecule has 5 heteroatoms. The molecule has 2 rings (SSSR count). The van der Waals surface area contributed by atoms with Gasteiger partial charge in [-0.2, -0.15) is 0 Å². The summed E-state index contributed by atoms with van der Waals surface area (Å²) in [6, 6.07) is 0. The van der Waals surface area contributed by atoms with Crippen LogP contribution in [-0.4, -0.2) is 49.8 Å². The molecule has 0 amide bonds. The average molecular weight is 225 g/mol. The van der Waals surface area contributed by atoms with Crippen molar-refractivity contribution >= 4 is 5.96 Å². The molecule has 0 unspecified atom stereocenters. The van der Waals surface area contributed by atoms with E-state index in [2.05, 4.69) is 9.89 Å². The molecule has 90 valence electrons. The van der Waals surface area contributed by atoms with Crippen LogP contribution in [0.5, 0.6) is 0 Å². The van der Waals surface area contributed by atoms with E-state index >= 15 is 0 Å². The van der Waals surface area contributed by atoms with E-state index in [4.69, 9.17) is 15.2 Å². The van der Waals surface area contributed by atoms with E-state index in [-0.39, 0.29) is 6.10 Å². The standard InChI is InChI=1S/C11H19N3O2/c12-11(14-4-7-15-8-5-14)13-9-10-3-1-2-6-16-10/h2,6,10H,1,3-5,7-9H2,(H2,12,13)/t10-/m1/s1. The van der Waals surface area contributed by atoms with Crippen LogP contribution in [-0.2, 0) is 9.47 Å². The molecule has 0 bridgehead atoms. The van der Waals surface area contributed by atoms with Gasteiger partial charge in [0.15, 0.2) is 5.96 Å². The summed E-state index contributed by atoms with van der Waals surface area (Å²) in [5.74, 6) is 0.612. The Bertz CT molecular complexity index is 272. The average Bonchev–Trinajstić information content (AvgIpc) is 2.38. The first-order valence-electron chi connectivity index (χ1n) is 5.79. The Morgan fingerprint density at radius 1 is 1.44 bits per heavy atom. The van der Waals surface area contributed by atoms with Crippen molar-refractivity contribution in [1.29, 1.82) is 0 Å². The predicted octanol–water partition coefficient (Wildman–Crippen LogP) is 0.326. The summed E-state index contributed by atoms with van der Waals surface area (Å²) < 4.78 is 10.7. The fraction of sp³-hybridized carbons (Fsp3) is 0.727. The first kappa shape index (κ1) is 11.3. The fourth-order valence-corrected chi connectivity index (χ4v) is 1.81. The highest BCUT2D eigenvalue weighted by atomic mass is 16.5. The SMILES string of the molecule is NC(=NC[C@H]1CCC=CO1)N1CCOCC1.